The predicted molar refractivity (Wildman–Crippen MR) is 131 cm³/mol. The van der Waals surface area contributed by atoms with Crippen LogP contribution >= 0.6 is 11.8 Å². The lowest BCUT2D eigenvalue weighted by Gasteiger charge is -2.39. The average molecular weight is 509 g/mol. The molecule has 1 atom stereocenters. The largest absolute Gasteiger partial charge is 0.444 e. The zero-order chi connectivity index (χ0) is 25.6. The van der Waals surface area contributed by atoms with Crippen molar-refractivity contribution in [3.63, 3.8) is 0 Å². The molecular weight excluding hydrogens is 477 g/mol. The Morgan fingerprint density at radius 3 is 2.40 bits per heavy atom. The van der Waals surface area contributed by atoms with Crippen molar-refractivity contribution in [3.05, 3.63) is 71.0 Å². The molecule has 2 amide bonds. The molecule has 3 rings (SSSR count). The van der Waals surface area contributed by atoms with E-state index in [9.17, 15) is 22.8 Å². The van der Waals surface area contributed by atoms with Crippen LogP contribution in [0, 0.1) is 17.5 Å². The monoisotopic (exact) mass is 508 g/mol. The third-order valence-corrected chi connectivity index (χ3v) is 6.73. The van der Waals surface area contributed by atoms with Gasteiger partial charge in [-0.1, -0.05) is 18.2 Å². The third-order valence-electron chi connectivity index (χ3n) is 5.75. The van der Waals surface area contributed by atoms with Crippen LogP contribution in [0.25, 0.3) is 0 Å². The summed E-state index contributed by atoms with van der Waals surface area (Å²) in [5.74, 6) is -0.745. The van der Waals surface area contributed by atoms with Gasteiger partial charge in [-0.2, -0.15) is 11.8 Å². The molecule has 1 aliphatic rings. The van der Waals surface area contributed by atoms with Crippen LogP contribution in [-0.2, 0) is 21.5 Å². The fraction of sp³-hybridized carbons (Fsp3) is 0.462. The minimum Gasteiger partial charge on any atom is -0.444 e. The van der Waals surface area contributed by atoms with Crippen molar-refractivity contribution < 1.29 is 27.5 Å². The molecule has 0 aliphatic carbocycles. The summed E-state index contributed by atoms with van der Waals surface area (Å²) < 4.78 is 48.4. The fourth-order valence-electron chi connectivity index (χ4n) is 4.17. The molecule has 35 heavy (non-hydrogen) atoms. The summed E-state index contributed by atoms with van der Waals surface area (Å²) in [6.07, 6.45) is -0.00934. The molecule has 0 aromatic heterocycles. The number of alkyl carbamates (subject to hydrolysis) is 1. The second-order valence-electron chi connectivity index (χ2n) is 9.71. The normalized spacial score (nSPS) is 16.3. The van der Waals surface area contributed by atoms with Gasteiger partial charge in [0.2, 0.25) is 5.91 Å². The highest BCUT2D eigenvalue weighted by molar-refractivity contribution is 7.99. The van der Waals surface area contributed by atoms with Gasteiger partial charge in [-0.25, -0.2) is 18.0 Å². The lowest BCUT2D eigenvalue weighted by Crippen LogP contribution is -2.51. The minimum absolute atomic E-state index is 0.0521. The van der Waals surface area contributed by atoms with Gasteiger partial charge in [-0.05, 0) is 81.4 Å². The molecule has 0 spiro atoms. The maximum absolute atomic E-state index is 14.7. The van der Waals surface area contributed by atoms with E-state index in [4.69, 9.17) is 4.74 Å². The highest BCUT2D eigenvalue weighted by Crippen LogP contribution is 2.37. The van der Waals surface area contributed by atoms with Crippen LogP contribution in [0.15, 0.2) is 42.5 Å². The summed E-state index contributed by atoms with van der Waals surface area (Å²) in [5, 5.41) is 5.59. The van der Waals surface area contributed by atoms with Crippen molar-refractivity contribution in [2.24, 2.45) is 0 Å². The number of carbonyl (C=O) groups excluding carboxylic acids is 2. The van der Waals surface area contributed by atoms with E-state index < -0.39 is 46.6 Å². The van der Waals surface area contributed by atoms with E-state index in [1.54, 1.807) is 50.7 Å². The van der Waals surface area contributed by atoms with Crippen molar-refractivity contribution >= 4 is 23.8 Å². The standard InChI is InChI=1S/C26H31F3N2O3S/c1-25(2,3)34-24(33)30-19(14-17-6-4-5-7-21(17)28)16-23(32)31-26(10-12-35-13-11-26)20-15-18(27)8-9-22(20)29/h4-9,15,19H,10-14,16H2,1-3H3,(H,30,33)(H,31,32)/t19-/m1/s1. The maximum Gasteiger partial charge on any atom is 0.407 e. The SMILES string of the molecule is CC(C)(C)OC(=O)N[C@@H](CC(=O)NC1(c2cc(F)ccc2F)CCSCC1)Cc1ccccc1F. The number of ether oxygens (including phenoxy) is 1. The second kappa shape index (κ2) is 11.4. The Labute approximate surface area is 208 Å². The molecule has 1 fully saturated rings. The molecule has 0 unspecified atom stereocenters. The van der Waals surface area contributed by atoms with Crippen molar-refractivity contribution in [1.29, 1.82) is 0 Å². The van der Waals surface area contributed by atoms with Gasteiger partial charge in [0, 0.05) is 18.0 Å². The average Bonchev–Trinajstić information content (AvgIpc) is 2.76. The van der Waals surface area contributed by atoms with E-state index in [0.29, 0.717) is 29.9 Å². The number of rotatable bonds is 7. The number of thioether (sulfide) groups is 1. The number of hydrogen-bond donors (Lipinski definition) is 2. The smallest absolute Gasteiger partial charge is 0.407 e. The Bertz CT molecular complexity index is 1050. The molecule has 0 radical (unpaired) electrons. The van der Waals surface area contributed by atoms with Gasteiger partial charge in [0.15, 0.2) is 0 Å². The quantitative estimate of drug-likeness (QED) is 0.521. The predicted octanol–water partition coefficient (Wildman–Crippen LogP) is 5.47. The lowest BCUT2D eigenvalue weighted by atomic mass is 9.83. The molecule has 0 saturated carbocycles. The first-order valence-corrected chi connectivity index (χ1v) is 12.7. The van der Waals surface area contributed by atoms with Crippen molar-refractivity contribution in [3.8, 4) is 0 Å². The van der Waals surface area contributed by atoms with Crippen LogP contribution in [0.1, 0.15) is 51.2 Å². The van der Waals surface area contributed by atoms with Gasteiger partial charge < -0.3 is 15.4 Å². The summed E-state index contributed by atoms with van der Waals surface area (Å²) in [6.45, 7) is 5.14. The molecule has 190 valence electrons. The van der Waals surface area contributed by atoms with Crippen molar-refractivity contribution in [2.75, 3.05) is 11.5 Å². The Morgan fingerprint density at radius 2 is 1.74 bits per heavy atom. The molecular formula is C26H31F3N2O3S. The summed E-state index contributed by atoms with van der Waals surface area (Å²) in [5.41, 5.74) is -1.38. The molecule has 0 bridgehead atoms. The molecule has 5 nitrogen and oxygen atoms in total. The molecule has 1 heterocycles. The molecule has 1 aliphatic heterocycles. The number of nitrogens with one attached hydrogen (secondary N) is 2. The number of carbonyl (C=O) groups is 2. The Hall–Kier alpha value is -2.68. The van der Waals surface area contributed by atoms with Crippen LogP contribution < -0.4 is 10.6 Å². The van der Waals surface area contributed by atoms with Gasteiger partial charge >= 0.3 is 6.09 Å². The van der Waals surface area contributed by atoms with E-state index >= 15 is 0 Å². The zero-order valence-electron chi connectivity index (χ0n) is 20.1. The molecule has 2 N–H and O–H groups in total. The highest BCUT2D eigenvalue weighted by atomic mass is 32.2. The maximum atomic E-state index is 14.7. The number of halogens is 3. The van der Waals surface area contributed by atoms with Gasteiger partial charge in [-0.3, -0.25) is 4.79 Å². The number of amides is 2. The van der Waals surface area contributed by atoms with Crippen LogP contribution in [0.3, 0.4) is 0 Å². The van der Waals surface area contributed by atoms with E-state index in [0.717, 1.165) is 18.2 Å². The van der Waals surface area contributed by atoms with Crippen LogP contribution in [0.5, 0.6) is 0 Å². The van der Waals surface area contributed by atoms with Crippen LogP contribution in [-0.4, -0.2) is 35.1 Å². The molecule has 2 aromatic carbocycles. The van der Waals surface area contributed by atoms with Crippen LogP contribution in [0.2, 0.25) is 0 Å². The number of hydrogen-bond acceptors (Lipinski definition) is 4. The second-order valence-corrected chi connectivity index (χ2v) is 10.9. The highest BCUT2D eigenvalue weighted by Gasteiger charge is 2.38. The van der Waals surface area contributed by atoms with Crippen LogP contribution in [0.4, 0.5) is 18.0 Å². The zero-order valence-corrected chi connectivity index (χ0v) is 20.9. The van der Waals surface area contributed by atoms with E-state index in [2.05, 4.69) is 10.6 Å². The van der Waals surface area contributed by atoms with Gasteiger partial charge in [0.25, 0.3) is 0 Å². The Kier molecular flexibility index (Phi) is 8.74. The first kappa shape index (κ1) is 26.9. The van der Waals surface area contributed by atoms with Crippen molar-refractivity contribution in [2.45, 2.75) is 63.6 Å². The van der Waals surface area contributed by atoms with E-state index in [1.807, 2.05) is 0 Å². The summed E-state index contributed by atoms with van der Waals surface area (Å²) >= 11 is 1.68. The first-order chi connectivity index (χ1) is 16.5. The van der Waals surface area contributed by atoms with Gasteiger partial charge in [-0.15, -0.1) is 0 Å². The minimum atomic E-state index is -1.07. The third kappa shape index (κ3) is 7.65. The Morgan fingerprint density at radius 1 is 1.06 bits per heavy atom. The first-order valence-electron chi connectivity index (χ1n) is 11.5. The topological polar surface area (TPSA) is 67.4 Å². The van der Waals surface area contributed by atoms with Gasteiger partial charge in [0.1, 0.15) is 23.1 Å². The molecule has 2 aromatic rings. The van der Waals surface area contributed by atoms with Gasteiger partial charge in [0.05, 0.1) is 5.54 Å². The van der Waals surface area contributed by atoms with E-state index in [-0.39, 0.29) is 18.4 Å². The summed E-state index contributed by atoms with van der Waals surface area (Å²) in [7, 11) is 0. The van der Waals surface area contributed by atoms with E-state index in [1.165, 1.54) is 6.07 Å². The lowest BCUT2D eigenvalue weighted by molar-refractivity contribution is -0.123. The fourth-order valence-corrected chi connectivity index (χ4v) is 5.36. The summed E-state index contributed by atoms with van der Waals surface area (Å²) in [4.78, 5) is 25.6. The molecule has 9 heteroatoms. The summed E-state index contributed by atoms with van der Waals surface area (Å²) in [6, 6.07) is 8.56. The number of benzene rings is 2. The Balaban J connectivity index is 1.82. The molecule has 1 saturated heterocycles. The van der Waals surface area contributed by atoms with Crippen molar-refractivity contribution in [1.82, 2.24) is 10.6 Å².